The Morgan fingerprint density at radius 3 is 2.73 bits per heavy atom. The van der Waals surface area contributed by atoms with Crippen molar-refractivity contribution in [3.63, 3.8) is 0 Å². The lowest BCUT2D eigenvalue weighted by Crippen LogP contribution is -2.41. The van der Waals surface area contributed by atoms with Crippen molar-refractivity contribution in [3.05, 3.63) is 54.0 Å². The largest absolute Gasteiger partial charge is 0.497 e. The zero-order valence-electron chi connectivity index (χ0n) is 17.9. The van der Waals surface area contributed by atoms with Crippen LogP contribution in [0.4, 0.5) is 0 Å². The summed E-state index contributed by atoms with van der Waals surface area (Å²) in [5, 5.41) is 6.93. The Bertz CT molecular complexity index is 729. The molecule has 2 aromatic rings. The maximum Gasteiger partial charge on any atom is 0.191 e. The van der Waals surface area contributed by atoms with E-state index in [-0.39, 0.29) is 24.0 Å². The molecule has 0 bridgehead atoms. The fourth-order valence-electron chi connectivity index (χ4n) is 3.39. The van der Waals surface area contributed by atoms with Crippen LogP contribution < -0.4 is 15.4 Å². The number of nitrogens with zero attached hydrogens (tertiary/aromatic N) is 1. The minimum atomic E-state index is 0. The van der Waals surface area contributed by atoms with Crippen molar-refractivity contribution in [3.8, 4) is 5.75 Å². The summed E-state index contributed by atoms with van der Waals surface area (Å²) in [6, 6.07) is 12.2. The lowest BCUT2D eigenvalue weighted by Gasteiger charge is -2.16. The van der Waals surface area contributed by atoms with Crippen molar-refractivity contribution in [2.45, 2.75) is 26.2 Å². The number of ether oxygens (including phenoxy) is 2. The van der Waals surface area contributed by atoms with Gasteiger partial charge in [0.15, 0.2) is 5.96 Å². The number of hydrogen-bond donors (Lipinski definition) is 2. The van der Waals surface area contributed by atoms with Crippen LogP contribution in [0.2, 0.25) is 0 Å². The van der Waals surface area contributed by atoms with Crippen molar-refractivity contribution >= 4 is 29.9 Å². The summed E-state index contributed by atoms with van der Waals surface area (Å²) < 4.78 is 16.1. The molecular weight excluding hydrogens is 493 g/mol. The molecule has 2 atom stereocenters. The third-order valence-electron chi connectivity index (χ3n) is 5.13. The molecule has 1 fully saturated rings. The molecule has 7 heteroatoms. The van der Waals surface area contributed by atoms with Gasteiger partial charge in [-0.05, 0) is 48.6 Å². The van der Waals surface area contributed by atoms with Gasteiger partial charge in [-0.25, -0.2) is 0 Å². The van der Waals surface area contributed by atoms with Crippen LogP contribution in [0, 0.1) is 11.8 Å². The van der Waals surface area contributed by atoms with Gasteiger partial charge in [0.25, 0.3) is 0 Å². The van der Waals surface area contributed by atoms with E-state index >= 15 is 0 Å². The molecule has 2 unspecified atom stereocenters. The van der Waals surface area contributed by atoms with Crippen LogP contribution in [0.15, 0.2) is 52.1 Å². The Kier molecular flexibility index (Phi) is 11.1. The first-order chi connectivity index (χ1) is 14.2. The Balaban J connectivity index is 0.00000320. The molecule has 0 radical (unpaired) electrons. The van der Waals surface area contributed by atoms with Gasteiger partial charge in [0.1, 0.15) is 11.5 Å². The third-order valence-corrected chi connectivity index (χ3v) is 5.13. The SMILES string of the molecule is COc1ccc(CC(C)CN=C(NCCc2ccco2)NCC2CCOC2)cc1.I. The Hall–Kier alpha value is -1.74. The number of nitrogens with one attached hydrogen (secondary N) is 2. The van der Waals surface area contributed by atoms with E-state index in [2.05, 4.69) is 29.7 Å². The van der Waals surface area contributed by atoms with E-state index in [1.54, 1.807) is 13.4 Å². The Labute approximate surface area is 196 Å². The van der Waals surface area contributed by atoms with Gasteiger partial charge in [-0.15, -0.1) is 24.0 Å². The lowest BCUT2D eigenvalue weighted by atomic mass is 10.0. The molecule has 30 heavy (non-hydrogen) atoms. The second-order valence-electron chi connectivity index (χ2n) is 7.71. The van der Waals surface area contributed by atoms with Gasteiger partial charge in [0.05, 0.1) is 20.0 Å². The maximum absolute atomic E-state index is 5.48. The second-order valence-corrected chi connectivity index (χ2v) is 7.71. The van der Waals surface area contributed by atoms with Gasteiger partial charge >= 0.3 is 0 Å². The zero-order chi connectivity index (χ0) is 20.3. The van der Waals surface area contributed by atoms with Gasteiger partial charge in [-0.3, -0.25) is 4.99 Å². The van der Waals surface area contributed by atoms with E-state index in [9.17, 15) is 0 Å². The Morgan fingerprint density at radius 1 is 1.23 bits per heavy atom. The van der Waals surface area contributed by atoms with Crippen LogP contribution in [0.25, 0.3) is 0 Å². The minimum absolute atomic E-state index is 0. The van der Waals surface area contributed by atoms with Gasteiger partial charge in [-0.2, -0.15) is 0 Å². The van der Waals surface area contributed by atoms with Crippen LogP contribution in [-0.4, -0.2) is 45.9 Å². The van der Waals surface area contributed by atoms with Crippen LogP contribution in [-0.2, 0) is 17.6 Å². The minimum Gasteiger partial charge on any atom is -0.497 e. The average Bonchev–Trinajstić information content (AvgIpc) is 3.44. The number of aliphatic imine (C=N–C) groups is 1. The third kappa shape index (κ3) is 8.55. The summed E-state index contributed by atoms with van der Waals surface area (Å²) >= 11 is 0. The number of halogens is 1. The van der Waals surface area contributed by atoms with E-state index in [1.807, 2.05) is 24.3 Å². The van der Waals surface area contributed by atoms with Gasteiger partial charge < -0.3 is 24.5 Å². The van der Waals surface area contributed by atoms with Crippen molar-refractivity contribution < 1.29 is 13.9 Å². The summed E-state index contributed by atoms with van der Waals surface area (Å²) in [5.41, 5.74) is 1.30. The Morgan fingerprint density at radius 2 is 2.07 bits per heavy atom. The number of guanidine groups is 1. The van der Waals surface area contributed by atoms with Crippen LogP contribution in [0.3, 0.4) is 0 Å². The highest BCUT2D eigenvalue weighted by atomic mass is 127. The molecule has 1 aromatic carbocycles. The molecule has 0 amide bonds. The molecule has 0 saturated carbocycles. The number of methoxy groups -OCH3 is 1. The molecule has 2 N–H and O–H groups in total. The first-order valence-corrected chi connectivity index (χ1v) is 10.5. The molecule has 1 aliphatic heterocycles. The molecule has 2 heterocycles. The summed E-state index contributed by atoms with van der Waals surface area (Å²) in [7, 11) is 1.69. The molecular formula is C23H34IN3O3. The molecule has 1 saturated heterocycles. The lowest BCUT2D eigenvalue weighted by molar-refractivity contribution is 0.186. The fraction of sp³-hybridized carbons (Fsp3) is 0.522. The fourth-order valence-corrected chi connectivity index (χ4v) is 3.39. The predicted octanol–water partition coefficient (Wildman–Crippen LogP) is 3.90. The van der Waals surface area contributed by atoms with E-state index in [4.69, 9.17) is 18.9 Å². The van der Waals surface area contributed by atoms with Crippen LogP contribution >= 0.6 is 24.0 Å². The first kappa shape index (κ1) is 24.5. The quantitative estimate of drug-likeness (QED) is 0.279. The molecule has 3 rings (SSSR count). The van der Waals surface area contributed by atoms with E-state index in [1.165, 1.54) is 5.56 Å². The van der Waals surface area contributed by atoms with Crippen LogP contribution in [0.1, 0.15) is 24.7 Å². The smallest absolute Gasteiger partial charge is 0.191 e. The average molecular weight is 527 g/mol. The highest BCUT2D eigenvalue weighted by Crippen LogP contribution is 2.15. The van der Waals surface area contributed by atoms with Gasteiger partial charge in [-0.1, -0.05) is 19.1 Å². The molecule has 1 aromatic heterocycles. The number of furan rings is 1. The maximum atomic E-state index is 5.48. The van der Waals surface area contributed by atoms with E-state index in [0.29, 0.717) is 11.8 Å². The summed E-state index contributed by atoms with van der Waals surface area (Å²) in [5.74, 6) is 3.74. The molecule has 0 aliphatic carbocycles. The summed E-state index contributed by atoms with van der Waals surface area (Å²) in [4.78, 5) is 4.83. The zero-order valence-corrected chi connectivity index (χ0v) is 20.3. The first-order valence-electron chi connectivity index (χ1n) is 10.5. The number of rotatable bonds is 10. The van der Waals surface area contributed by atoms with E-state index in [0.717, 1.165) is 69.6 Å². The number of benzene rings is 1. The van der Waals surface area contributed by atoms with Gasteiger partial charge in [0.2, 0.25) is 0 Å². The van der Waals surface area contributed by atoms with Crippen molar-refractivity contribution in [2.24, 2.45) is 16.8 Å². The predicted molar refractivity (Wildman–Crippen MR) is 131 cm³/mol. The van der Waals surface area contributed by atoms with E-state index < -0.39 is 0 Å². The normalized spacial score (nSPS) is 17.3. The topological polar surface area (TPSA) is 68.0 Å². The molecule has 6 nitrogen and oxygen atoms in total. The van der Waals surface area contributed by atoms with Crippen molar-refractivity contribution in [1.29, 1.82) is 0 Å². The molecule has 1 aliphatic rings. The highest BCUT2D eigenvalue weighted by Gasteiger charge is 2.16. The van der Waals surface area contributed by atoms with Gasteiger partial charge in [0, 0.05) is 38.6 Å². The summed E-state index contributed by atoms with van der Waals surface area (Å²) in [6.45, 7) is 6.37. The summed E-state index contributed by atoms with van der Waals surface area (Å²) in [6.07, 6.45) is 4.65. The van der Waals surface area contributed by atoms with Crippen LogP contribution in [0.5, 0.6) is 5.75 Å². The second kappa shape index (κ2) is 13.5. The standard InChI is InChI=1S/C23H33N3O3.HI/c1-18(14-19-5-7-21(27-2)8-6-19)15-25-23(26-16-20-10-13-28-17-20)24-11-9-22-4-3-12-29-22;/h3-8,12,18,20H,9-11,13-17H2,1-2H3,(H2,24,25,26);1H. The van der Waals surface area contributed by atoms with Crippen molar-refractivity contribution in [1.82, 2.24) is 10.6 Å². The molecule has 0 spiro atoms. The molecule has 166 valence electrons. The number of hydrogen-bond acceptors (Lipinski definition) is 4. The highest BCUT2D eigenvalue weighted by molar-refractivity contribution is 14.0. The van der Waals surface area contributed by atoms with Crippen molar-refractivity contribution in [2.75, 3.05) is 40.0 Å². The monoisotopic (exact) mass is 527 g/mol.